The number of rotatable bonds is 5. The van der Waals surface area contributed by atoms with E-state index < -0.39 is 0 Å². The Morgan fingerprint density at radius 3 is 3.00 bits per heavy atom. The van der Waals surface area contributed by atoms with E-state index in [9.17, 15) is 0 Å². The van der Waals surface area contributed by atoms with Crippen molar-refractivity contribution in [3.63, 3.8) is 0 Å². The molecule has 0 spiro atoms. The molecule has 2 unspecified atom stereocenters. The van der Waals surface area contributed by atoms with Gasteiger partial charge in [0.25, 0.3) is 0 Å². The molecule has 128 valence electrons. The highest BCUT2D eigenvalue weighted by molar-refractivity contribution is 5.95. The van der Waals surface area contributed by atoms with Crippen LogP contribution in [0, 0.1) is 11.3 Å². The summed E-state index contributed by atoms with van der Waals surface area (Å²) < 4.78 is 6.97. The number of para-hydroxylation sites is 1. The molecule has 1 aliphatic carbocycles. The van der Waals surface area contributed by atoms with Crippen molar-refractivity contribution in [1.29, 1.82) is 5.41 Å². The molecule has 4 rings (SSSR count). The van der Waals surface area contributed by atoms with Crippen molar-refractivity contribution in [2.24, 2.45) is 5.92 Å². The van der Waals surface area contributed by atoms with E-state index in [2.05, 4.69) is 10.1 Å². The molecule has 0 bridgehead atoms. The lowest BCUT2D eigenvalue weighted by Gasteiger charge is -2.06. The van der Waals surface area contributed by atoms with Gasteiger partial charge in [0.15, 0.2) is 11.5 Å². The van der Waals surface area contributed by atoms with Gasteiger partial charge in [0.05, 0.1) is 20.4 Å². The van der Waals surface area contributed by atoms with Crippen LogP contribution in [0.5, 0.6) is 5.75 Å². The Hall–Kier alpha value is -3.00. The number of fused-ring (bicyclic) bond motifs is 3. The van der Waals surface area contributed by atoms with Gasteiger partial charge in [-0.15, -0.1) is 5.10 Å². The van der Waals surface area contributed by atoms with Crippen LogP contribution in [0.3, 0.4) is 0 Å². The molecule has 2 atom stereocenters. The van der Waals surface area contributed by atoms with Gasteiger partial charge in [0, 0.05) is 29.0 Å². The zero-order chi connectivity index (χ0) is 17.6. The Morgan fingerprint density at radius 2 is 2.28 bits per heavy atom. The summed E-state index contributed by atoms with van der Waals surface area (Å²) >= 11 is 0. The van der Waals surface area contributed by atoms with Crippen molar-refractivity contribution in [2.45, 2.75) is 12.3 Å². The predicted molar refractivity (Wildman–Crippen MR) is 94.8 cm³/mol. The second-order valence-electron chi connectivity index (χ2n) is 6.12. The Balaban J connectivity index is 1.81. The van der Waals surface area contributed by atoms with Crippen molar-refractivity contribution in [1.82, 2.24) is 19.6 Å². The van der Waals surface area contributed by atoms with Crippen LogP contribution < -0.4 is 15.8 Å². The molecular formula is C17H20N7O+. The molecule has 2 heterocycles. The summed E-state index contributed by atoms with van der Waals surface area (Å²) in [4.78, 5) is 9.16. The fourth-order valence-electron chi connectivity index (χ4n) is 3.28. The highest BCUT2D eigenvalue weighted by atomic mass is 16.5. The minimum atomic E-state index is 0.216. The molecule has 0 aliphatic heterocycles. The van der Waals surface area contributed by atoms with Crippen molar-refractivity contribution in [3.8, 4) is 5.75 Å². The van der Waals surface area contributed by atoms with Crippen LogP contribution in [0.25, 0.3) is 16.6 Å². The van der Waals surface area contributed by atoms with Gasteiger partial charge in [-0.1, -0.05) is 6.07 Å². The molecule has 1 saturated carbocycles. The monoisotopic (exact) mass is 338 g/mol. The number of nitrogens with two attached hydrogens (primary N) is 2. The molecule has 1 fully saturated rings. The van der Waals surface area contributed by atoms with E-state index in [1.807, 2.05) is 36.8 Å². The third-order valence-corrected chi connectivity index (χ3v) is 4.60. The molecule has 8 nitrogen and oxygen atoms in total. The lowest BCUT2D eigenvalue weighted by Crippen LogP contribution is -2.73. The van der Waals surface area contributed by atoms with E-state index >= 15 is 0 Å². The average Bonchev–Trinajstić information content (AvgIpc) is 3.28. The number of methoxy groups -OCH3 is 1. The lowest BCUT2D eigenvalue weighted by molar-refractivity contribution is -0.557. The Morgan fingerprint density at radius 1 is 1.44 bits per heavy atom. The van der Waals surface area contributed by atoms with E-state index in [0.717, 1.165) is 23.2 Å². The van der Waals surface area contributed by atoms with Crippen LogP contribution in [-0.2, 0) is 0 Å². The maximum absolute atomic E-state index is 7.58. The quantitative estimate of drug-likeness (QED) is 0.592. The summed E-state index contributed by atoms with van der Waals surface area (Å²) in [5.41, 5.74) is 8.46. The maximum atomic E-state index is 7.58. The smallest absolute Gasteiger partial charge is 0.223 e. The van der Waals surface area contributed by atoms with Gasteiger partial charge in [0.2, 0.25) is 5.95 Å². The molecule has 0 amide bonds. The number of nitrogens with one attached hydrogen (secondary N) is 1. The molecule has 1 aliphatic rings. The van der Waals surface area contributed by atoms with Gasteiger partial charge in [-0.05, 0) is 18.6 Å². The summed E-state index contributed by atoms with van der Waals surface area (Å²) in [6.45, 7) is 0. The Labute approximate surface area is 144 Å². The molecular weight excluding hydrogens is 318 g/mol. The van der Waals surface area contributed by atoms with E-state index in [1.165, 1.54) is 6.21 Å². The van der Waals surface area contributed by atoms with Gasteiger partial charge in [-0.3, -0.25) is 0 Å². The van der Waals surface area contributed by atoms with E-state index in [0.29, 0.717) is 22.8 Å². The minimum absolute atomic E-state index is 0.216. The molecule has 8 heteroatoms. The van der Waals surface area contributed by atoms with Gasteiger partial charge >= 0.3 is 0 Å². The number of anilines is 1. The number of allylic oxidation sites excluding steroid dienone is 1. The largest absolute Gasteiger partial charge is 0.494 e. The van der Waals surface area contributed by atoms with E-state index in [-0.39, 0.29) is 11.9 Å². The number of aromatic nitrogens is 4. The number of nitrogen functional groups attached to an aromatic ring is 1. The zero-order valence-corrected chi connectivity index (χ0v) is 14.1. The standard InChI is InChI=1S/C17H19N7O/c1-20-8-9(7-18)11-6-12(11)15-22-16-10-4-3-5-13(25-2)14(10)21-17(19)24(16)23-15/h3-5,7-8,11-12,18,20H,6H2,1-2H3,(H2,19,21)/p+1/b9-8+,18-7?. The first-order valence-corrected chi connectivity index (χ1v) is 8.16. The van der Waals surface area contributed by atoms with Crippen molar-refractivity contribution >= 4 is 28.7 Å². The maximum Gasteiger partial charge on any atom is 0.223 e. The summed E-state index contributed by atoms with van der Waals surface area (Å²) in [5.74, 6) is 2.20. The van der Waals surface area contributed by atoms with Crippen LogP contribution in [-0.4, -0.2) is 40.0 Å². The molecule has 0 radical (unpaired) electrons. The second kappa shape index (κ2) is 5.82. The van der Waals surface area contributed by atoms with Crippen LogP contribution >= 0.6 is 0 Å². The number of hydrogen-bond acceptors (Lipinski definition) is 6. The number of hydrogen-bond donors (Lipinski definition) is 3. The van der Waals surface area contributed by atoms with Crippen molar-refractivity contribution < 1.29 is 10.1 Å². The molecule has 25 heavy (non-hydrogen) atoms. The number of quaternary nitrogens is 1. The Kier molecular flexibility index (Phi) is 3.61. The molecule has 5 N–H and O–H groups in total. The SMILES string of the molecule is C[NH2+]/C=C(\C=N)C1CC1c1nc2c3cccc(OC)c3nc(N)n2n1. The predicted octanol–water partition coefficient (Wildman–Crippen LogP) is 0.698. The summed E-state index contributed by atoms with van der Waals surface area (Å²) in [6, 6.07) is 5.69. The first-order valence-electron chi connectivity index (χ1n) is 8.16. The molecule has 3 aromatic rings. The lowest BCUT2D eigenvalue weighted by atomic mass is 10.1. The van der Waals surface area contributed by atoms with E-state index in [4.69, 9.17) is 20.9 Å². The molecule has 2 aromatic heterocycles. The first-order chi connectivity index (χ1) is 12.2. The van der Waals surface area contributed by atoms with Gasteiger partial charge in [-0.25, -0.2) is 9.97 Å². The highest BCUT2D eigenvalue weighted by Crippen LogP contribution is 2.50. The van der Waals surface area contributed by atoms with Gasteiger partial charge < -0.3 is 21.2 Å². The summed E-state index contributed by atoms with van der Waals surface area (Å²) in [5, 5.41) is 15.0. The third kappa shape index (κ3) is 2.42. The number of benzene rings is 1. The average molecular weight is 338 g/mol. The van der Waals surface area contributed by atoms with Crippen LogP contribution in [0.2, 0.25) is 0 Å². The third-order valence-electron chi connectivity index (χ3n) is 4.60. The minimum Gasteiger partial charge on any atom is -0.494 e. The number of ether oxygens (including phenoxy) is 1. The van der Waals surface area contributed by atoms with Gasteiger partial charge in [-0.2, -0.15) is 4.52 Å². The molecule has 0 saturated heterocycles. The second-order valence-corrected chi connectivity index (χ2v) is 6.12. The van der Waals surface area contributed by atoms with Crippen molar-refractivity contribution in [2.75, 3.05) is 19.9 Å². The number of nitrogens with zero attached hydrogens (tertiary/aromatic N) is 4. The fourth-order valence-corrected chi connectivity index (χ4v) is 3.28. The topological polar surface area (TPSA) is 119 Å². The van der Waals surface area contributed by atoms with Crippen LogP contribution in [0.15, 0.2) is 30.0 Å². The van der Waals surface area contributed by atoms with E-state index in [1.54, 1.807) is 11.6 Å². The summed E-state index contributed by atoms with van der Waals surface area (Å²) in [6.07, 6.45) is 4.33. The van der Waals surface area contributed by atoms with Crippen LogP contribution in [0.1, 0.15) is 18.2 Å². The highest BCUT2D eigenvalue weighted by Gasteiger charge is 2.44. The zero-order valence-electron chi connectivity index (χ0n) is 14.1. The normalized spacial score (nSPS) is 20.2. The Bertz CT molecular complexity index is 1010. The molecule has 1 aromatic carbocycles. The van der Waals surface area contributed by atoms with Gasteiger partial charge in [0.1, 0.15) is 11.3 Å². The first kappa shape index (κ1) is 15.5. The fraction of sp³-hybridized carbons (Fsp3) is 0.294. The van der Waals surface area contributed by atoms with Crippen LogP contribution in [0.4, 0.5) is 5.95 Å². The van der Waals surface area contributed by atoms with Crippen molar-refractivity contribution in [3.05, 3.63) is 35.8 Å². The summed E-state index contributed by atoms with van der Waals surface area (Å²) in [7, 11) is 3.56.